The molecule has 1 aromatic rings. The Morgan fingerprint density at radius 2 is 2.14 bits per heavy atom. The molecule has 0 aromatic carbocycles. The summed E-state index contributed by atoms with van der Waals surface area (Å²) in [6.07, 6.45) is 6.39. The Morgan fingerprint density at radius 3 is 2.86 bits per heavy atom. The lowest BCUT2D eigenvalue weighted by Gasteiger charge is -2.06. The molecule has 0 fully saturated rings. The maximum Gasteiger partial charge on any atom is 0.122 e. The topological polar surface area (TPSA) is 22.1 Å². The SMILES string of the molecule is CCCCCOc1ccnc(CC)c1. The van der Waals surface area contributed by atoms with Crippen LogP contribution in [0.4, 0.5) is 0 Å². The summed E-state index contributed by atoms with van der Waals surface area (Å²) in [5.41, 5.74) is 1.10. The van der Waals surface area contributed by atoms with Gasteiger partial charge in [0.1, 0.15) is 5.75 Å². The fourth-order valence-corrected chi connectivity index (χ4v) is 1.28. The molecule has 0 N–H and O–H groups in total. The molecule has 1 rings (SSSR count). The third-order valence-electron chi connectivity index (χ3n) is 2.17. The highest BCUT2D eigenvalue weighted by atomic mass is 16.5. The third-order valence-corrected chi connectivity index (χ3v) is 2.17. The van der Waals surface area contributed by atoms with Gasteiger partial charge in [0.05, 0.1) is 6.61 Å². The third kappa shape index (κ3) is 3.77. The van der Waals surface area contributed by atoms with Gasteiger partial charge in [0.2, 0.25) is 0 Å². The monoisotopic (exact) mass is 193 g/mol. The molecule has 0 radical (unpaired) electrons. The summed E-state index contributed by atoms with van der Waals surface area (Å²) in [5, 5.41) is 0. The maximum atomic E-state index is 5.61. The summed E-state index contributed by atoms with van der Waals surface area (Å²) >= 11 is 0. The summed E-state index contributed by atoms with van der Waals surface area (Å²) in [6, 6.07) is 3.94. The molecule has 0 spiro atoms. The molecule has 1 aromatic heterocycles. The van der Waals surface area contributed by atoms with E-state index in [1.54, 1.807) is 0 Å². The Balaban J connectivity index is 2.34. The van der Waals surface area contributed by atoms with Gasteiger partial charge in [-0.05, 0) is 18.9 Å². The van der Waals surface area contributed by atoms with E-state index in [4.69, 9.17) is 4.74 Å². The van der Waals surface area contributed by atoms with Crippen molar-refractivity contribution in [1.29, 1.82) is 0 Å². The predicted molar refractivity (Wildman–Crippen MR) is 58.6 cm³/mol. The summed E-state index contributed by atoms with van der Waals surface area (Å²) in [7, 11) is 0. The lowest BCUT2D eigenvalue weighted by molar-refractivity contribution is 0.305. The molecule has 2 nitrogen and oxygen atoms in total. The first kappa shape index (κ1) is 11.0. The summed E-state index contributed by atoms with van der Waals surface area (Å²) in [4.78, 5) is 4.22. The fraction of sp³-hybridized carbons (Fsp3) is 0.583. The number of unbranched alkanes of at least 4 members (excludes halogenated alkanes) is 2. The lowest BCUT2D eigenvalue weighted by Crippen LogP contribution is -1.98. The molecule has 0 bridgehead atoms. The number of hydrogen-bond donors (Lipinski definition) is 0. The Labute approximate surface area is 86.3 Å². The Kier molecular flexibility index (Phi) is 5.05. The van der Waals surface area contributed by atoms with Crippen molar-refractivity contribution in [3.05, 3.63) is 24.0 Å². The normalized spacial score (nSPS) is 10.1. The molecular formula is C12H19NO. The van der Waals surface area contributed by atoms with E-state index >= 15 is 0 Å². The number of hydrogen-bond acceptors (Lipinski definition) is 2. The van der Waals surface area contributed by atoms with Gasteiger partial charge in [0.15, 0.2) is 0 Å². The molecule has 0 aliphatic rings. The van der Waals surface area contributed by atoms with Gasteiger partial charge >= 0.3 is 0 Å². The largest absolute Gasteiger partial charge is 0.493 e. The molecule has 78 valence electrons. The minimum Gasteiger partial charge on any atom is -0.493 e. The first-order chi connectivity index (χ1) is 6.86. The van der Waals surface area contributed by atoms with Crippen molar-refractivity contribution in [1.82, 2.24) is 4.98 Å². The molecule has 0 saturated heterocycles. The Morgan fingerprint density at radius 1 is 1.29 bits per heavy atom. The van der Waals surface area contributed by atoms with E-state index in [1.165, 1.54) is 12.8 Å². The van der Waals surface area contributed by atoms with E-state index in [0.717, 1.165) is 30.9 Å². The fourth-order valence-electron chi connectivity index (χ4n) is 1.28. The minimum atomic E-state index is 0.820. The van der Waals surface area contributed by atoms with Crippen LogP contribution in [0.25, 0.3) is 0 Å². The van der Waals surface area contributed by atoms with Gasteiger partial charge in [-0.25, -0.2) is 0 Å². The van der Waals surface area contributed by atoms with E-state index in [1.807, 2.05) is 18.3 Å². The number of nitrogens with zero attached hydrogens (tertiary/aromatic N) is 1. The lowest BCUT2D eigenvalue weighted by atomic mass is 10.2. The number of ether oxygens (including phenoxy) is 1. The molecule has 0 unspecified atom stereocenters. The molecule has 0 amide bonds. The highest BCUT2D eigenvalue weighted by Gasteiger charge is 1.95. The molecule has 14 heavy (non-hydrogen) atoms. The summed E-state index contributed by atoms with van der Waals surface area (Å²) in [6.45, 7) is 5.12. The zero-order chi connectivity index (χ0) is 10.2. The highest BCUT2D eigenvalue weighted by molar-refractivity contribution is 5.22. The van der Waals surface area contributed by atoms with Crippen LogP contribution >= 0.6 is 0 Å². The van der Waals surface area contributed by atoms with E-state index in [-0.39, 0.29) is 0 Å². The van der Waals surface area contributed by atoms with Crippen molar-refractivity contribution in [3.8, 4) is 5.75 Å². The number of pyridine rings is 1. The second kappa shape index (κ2) is 6.41. The average Bonchev–Trinajstić information content (AvgIpc) is 2.25. The zero-order valence-corrected chi connectivity index (χ0v) is 9.12. The zero-order valence-electron chi connectivity index (χ0n) is 9.12. The molecule has 0 saturated carbocycles. The van der Waals surface area contributed by atoms with Gasteiger partial charge in [0, 0.05) is 18.0 Å². The molecule has 2 heteroatoms. The molecule has 0 atom stereocenters. The van der Waals surface area contributed by atoms with Crippen LogP contribution in [0.5, 0.6) is 5.75 Å². The average molecular weight is 193 g/mol. The van der Waals surface area contributed by atoms with E-state index < -0.39 is 0 Å². The van der Waals surface area contributed by atoms with Gasteiger partial charge < -0.3 is 4.74 Å². The predicted octanol–water partition coefficient (Wildman–Crippen LogP) is 3.21. The van der Waals surface area contributed by atoms with Crippen LogP contribution in [0, 0.1) is 0 Å². The van der Waals surface area contributed by atoms with Crippen LogP contribution in [-0.4, -0.2) is 11.6 Å². The van der Waals surface area contributed by atoms with Crippen LogP contribution < -0.4 is 4.74 Å². The molecule has 1 heterocycles. The number of aryl methyl sites for hydroxylation is 1. The van der Waals surface area contributed by atoms with Crippen molar-refractivity contribution in [3.63, 3.8) is 0 Å². The van der Waals surface area contributed by atoms with E-state index in [2.05, 4.69) is 18.8 Å². The van der Waals surface area contributed by atoms with Gasteiger partial charge in [0.25, 0.3) is 0 Å². The first-order valence-electron chi connectivity index (χ1n) is 5.44. The van der Waals surface area contributed by atoms with Crippen LogP contribution in [0.15, 0.2) is 18.3 Å². The molecule has 0 aliphatic carbocycles. The number of rotatable bonds is 6. The highest BCUT2D eigenvalue weighted by Crippen LogP contribution is 2.11. The van der Waals surface area contributed by atoms with Crippen LogP contribution in [-0.2, 0) is 6.42 Å². The second-order valence-corrected chi connectivity index (χ2v) is 3.39. The van der Waals surface area contributed by atoms with Crippen molar-refractivity contribution < 1.29 is 4.74 Å². The first-order valence-corrected chi connectivity index (χ1v) is 5.44. The van der Waals surface area contributed by atoms with Gasteiger partial charge in [-0.15, -0.1) is 0 Å². The maximum absolute atomic E-state index is 5.61. The quantitative estimate of drug-likeness (QED) is 0.647. The van der Waals surface area contributed by atoms with Gasteiger partial charge in [-0.3, -0.25) is 4.98 Å². The van der Waals surface area contributed by atoms with Crippen LogP contribution in [0.3, 0.4) is 0 Å². The van der Waals surface area contributed by atoms with Gasteiger partial charge in [-0.1, -0.05) is 26.7 Å². The Hall–Kier alpha value is -1.05. The van der Waals surface area contributed by atoms with Crippen LogP contribution in [0.2, 0.25) is 0 Å². The summed E-state index contributed by atoms with van der Waals surface area (Å²) in [5.74, 6) is 0.952. The Bertz CT molecular complexity index is 260. The minimum absolute atomic E-state index is 0.820. The standard InChI is InChI=1S/C12H19NO/c1-3-5-6-9-14-12-7-8-13-11(4-2)10-12/h7-8,10H,3-6,9H2,1-2H3. The molecule has 0 aliphatic heterocycles. The van der Waals surface area contributed by atoms with Crippen molar-refractivity contribution in [2.24, 2.45) is 0 Å². The number of aromatic nitrogens is 1. The van der Waals surface area contributed by atoms with E-state index in [0.29, 0.717) is 0 Å². The smallest absolute Gasteiger partial charge is 0.122 e. The van der Waals surface area contributed by atoms with Crippen molar-refractivity contribution in [2.75, 3.05) is 6.61 Å². The summed E-state index contributed by atoms with van der Waals surface area (Å²) < 4.78 is 5.61. The van der Waals surface area contributed by atoms with Crippen molar-refractivity contribution in [2.45, 2.75) is 39.5 Å². The molecular weight excluding hydrogens is 174 g/mol. The van der Waals surface area contributed by atoms with Gasteiger partial charge in [-0.2, -0.15) is 0 Å². The van der Waals surface area contributed by atoms with E-state index in [9.17, 15) is 0 Å². The van der Waals surface area contributed by atoms with Crippen molar-refractivity contribution >= 4 is 0 Å². The second-order valence-electron chi connectivity index (χ2n) is 3.39. The van der Waals surface area contributed by atoms with Crippen LogP contribution in [0.1, 0.15) is 38.8 Å².